The average Bonchev–Trinajstić information content (AvgIpc) is 2.55. The van der Waals surface area contributed by atoms with E-state index in [4.69, 9.17) is 4.74 Å². The molecular formula is C16H9F5N2O2. The first-order valence-electron chi connectivity index (χ1n) is 6.87. The van der Waals surface area contributed by atoms with Gasteiger partial charge in [-0.25, -0.2) is 8.78 Å². The van der Waals surface area contributed by atoms with Gasteiger partial charge in [0.15, 0.2) is 17.7 Å². The van der Waals surface area contributed by atoms with Gasteiger partial charge in [-0.3, -0.25) is 9.97 Å². The first kappa shape index (κ1) is 17.0. The van der Waals surface area contributed by atoms with Gasteiger partial charge in [-0.15, -0.1) is 0 Å². The Bertz CT molecular complexity index is 930. The molecule has 1 N–H and O–H groups in total. The van der Waals surface area contributed by atoms with Gasteiger partial charge >= 0.3 is 6.18 Å². The molecule has 1 aromatic carbocycles. The predicted molar refractivity (Wildman–Crippen MR) is 77.0 cm³/mol. The van der Waals surface area contributed by atoms with Crippen molar-refractivity contribution in [1.29, 1.82) is 0 Å². The summed E-state index contributed by atoms with van der Waals surface area (Å²) in [6.07, 6.45) is -5.32. The maximum absolute atomic E-state index is 13.6. The van der Waals surface area contributed by atoms with Crippen LogP contribution in [0.5, 0.6) is 11.5 Å². The molecule has 1 unspecified atom stereocenters. The lowest BCUT2D eigenvalue weighted by Crippen LogP contribution is -2.21. The van der Waals surface area contributed by atoms with E-state index in [1.165, 1.54) is 6.07 Å². The number of halogens is 5. The number of nitrogens with zero attached hydrogens (tertiary/aromatic N) is 2. The normalized spacial score (nSPS) is 13.0. The summed E-state index contributed by atoms with van der Waals surface area (Å²) in [4.78, 5) is 7.47. The molecule has 25 heavy (non-hydrogen) atoms. The number of hydrogen-bond donors (Lipinski definition) is 1. The van der Waals surface area contributed by atoms with Gasteiger partial charge in [0.25, 0.3) is 0 Å². The molecule has 0 radical (unpaired) electrons. The van der Waals surface area contributed by atoms with E-state index in [9.17, 15) is 27.1 Å². The first-order chi connectivity index (χ1) is 11.7. The Balaban J connectivity index is 1.90. The van der Waals surface area contributed by atoms with Crippen molar-refractivity contribution in [1.82, 2.24) is 9.97 Å². The molecule has 1 atom stereocenters. The number of aromatic nitrogens is 2. The third-order valence-corrected chi connectivity index (χ3v) is 3.27. The molecule has 4 nitrogen and oxygen atoms in total. The number of benzene rings is 1. The van der Waals surface area contributed by atoms with Crippen molar-refractivity contribution in [3.63, 3.8) is 0 Å². The van der Waals surface area contributed by atoms with Crippen LogP contribution in [-0.2, 0) is 0 Å². The van der Waals surface area contributed by atoms with Gasteiger partial charge < -0.3 is 9.84 Å². The van der Waals surface area contributed by atoms with Gasteiger partial charge in [0.1, 0.15) is 11.6 Å². The number of hydrogen-bond acceptors (Lipinski definition) is 4. The van der Waals surface area contributed by atoms with Crippen LogP contribution < -0.4 is 4.74 Å². The zero-order chi connectivity index (χ0) is 18.2. The van der Waals surface area contributed by atoms with Crippen LogP contribution in [-0.4, -0.2) is 21.3 Å². The molecule has 2 aromatic heterocycles. The molecule has 0 saturated heterocycles. The van der Waals surface area contributed by atoms with Gasteiger partial charge in [-0.05, 0) is 24.3 Å². The Labute approximate surface area is 137 Å². The number of rotatable bonds is 3. The van der Waals surface area contributed by atoms with Gasteiger partial charge in [-0.1, -0.05) is 0 Å². The summed E-state index contributed by atoms with van der Waals surface area (Å²) in [6.45, 7) is 0. The quantitative estimate of drug-likeness (QED) is 0.711. The molecule has 0 aliphatic rings. The third kappa shape index (κ3) is 3.66. The topological polar surface area (TPSA) is 55.2 Å². The van der Waals surface area contributed by atoms with Crippen LogP contribution >= 0.6 is 0 Å². The highest BCUT2D eigenvalue weighted by molar-refractivity contribution is 5.79. The molecule has 0 bridgehead atoms. The number of ether oxygens (including phenoxy) is 1. The van der Waals surface area contributed by atoms with Crippen LogP contribution in [0.3, 0.4) is 0 Å². The standard InChI is InChI=1S/C16H9F5N2O2/c17-9-1-2-14(11(18)4-9)25-10-3-8-6-22-13(5-12(8)23-7-10)15(24)16(19,20)21/h1-7,15,24H. The van der Waals surface area contributed by atoms with Gasteiger partial charge in [-0.2, -0.15) is 13.2 Å². The SMILES string of the molecule is OC(c1cc2ncc(Oc3ccc(F)cc3F)cc2cn1)C(F)(F)F. The van der Waals surface area contributed by atoms with Gasteiger partial charge in [0.2, 0.25) is 0 Å². The monoisotopic (exact) mass is 356 g/mol. The highest BCUT2D eigenvalue weighted by Crippen LogP contribution is 2.33. The fourth-order valence-corrected chi connectivity index (χ4v) is 2.08. The lowest BCUT2D eigenvalue weighted by Gasteiger charge is -2.14. The minimum absolute atomic E-state index is 0.0870. The number of alkyl halides is 3. The zero-order valence-corrected chi connectivity index (χ0v) is 12.3. The van der Waals surface area contributed by atoms with E-state index in [2.05, 4.69) is 9.97 Å². The summed E-state index contributed by atoms with van der Waals surface area (Å²) in [5, 5.41) is 9.52. The zero-order valence-electron chi connectivity index (χ0n) is 12.3. The Morgan fingerprint density at radius 3 is 2.44 bits per heavy atom. The lowest BCUT2D eigenvalue weighted by atomic mass is 10.2. The van der Waals surface area contributed by atoms with Gasteiger partial charge in [0.05, 0.1) is 17.4 Å². The molecular weight excluding hydrogens is 347 g/mol. The minimum atomic E-state index is -4.84. The summed E-state index contributed by atoms with van der Waals surface area (Å²) in [5.74, 6) is -1.83. The van der Waals surface area contributed by atoms with E-state index in [1.54, 1.807) is 0 Å². The predicted octanol–water partition coefficient (Wildman–Crippen LogP) is 4.30. The molecule has 0 aliphatic carbocycles. The fourth-order valence-electron chi connectivity index (χ4n) is 2.08. The summed E-state index contributed by atoms with van der Waals surface area (Å²) in [5.41, 5.74) is -0.453. The highest BCUT2D eigenvalue weighted by atomic mass is 19.4. The molecule has 3 rings (SSSR count). The van der Waals surface area contributed by atoms with Crippen LogP contribution in [0.4, 0.5) is 22.0 Å². The maximum Gasteiger partial charge on any atom is 0.420 e. The van der Waals surface area contributed by atoms with Crippen LogP contribution in [0.2, 0.25) is 0 Å². The molecule has 2 heterocycles. The molecule has 9 heteroatoms. The molecule has 0 fully saturated rings. The largest absolute Gasteiger partial charge is 0.453 e. The van der Waals surface area contributed by atoms with E-state index in [-0.39, 0.29) is 17.0 Å². The second-order valence-electron chi connectivity index (χ2n) is 5.09. The fraction of sp³-hybridized carbons (Fsp3) is 0.125. The van der Waals surface area contributed by atoms with E-state index in [0.717, 1.165) is 30.6 Å². The van der Waals surface area contributed by atoms with E-state index < -0.39 is 29.6 Å². The van der Waals surface area contributed by atoms with Gasteiger partial charge in [0, 0.05) is 17.6 Å². The summed E-state index contributed by atoms with van der Waals surface area (Å²) >= 11 is 0. The molecule has 130 valence electrons. The lowest BCUT2D eigenvalue weighted by molar-refractivity contribution is -0.207. The van der Waals surface area contributed by atoms with Crippen molar-refractivity contribution in [3.05, 3.63) is 60.1 Å². The van der Waals surface area contributed by atoms with Crippen molar-refractivity contribution < 1.29 is 31.8 Å². The summed E-state index contributed by atoms with van der Waals surface area (Å²) in [6, 6.07) is 5.13. The molecule has 0 amide bonds. The average molecular weight is 356 g/mol. The Kier molecular flexibility index (Phi) is 4.25. The third-order valence-electron chi connectivity index (χ3n) is 3.27. The van der Waals surface area contributed by atoms with Crippen LogP contribution in [0.1, 0.15) is 11.8 Å². The van der Waals surface area contributed by atoms with Crippen LogP contribution in [0.15, 0.2) is 42.7 Å². The van der Waals surface area contributed by atoms with E-state index >= 15 is 0 Å². The molecule has 3 aromatic rings. The second-order valence-corrected chi connectivity index (χ2v) is 5.09. The Hall–Kier alpha value is -2.81. The number of fused-ring (bicyclic) bond motifs is 1. The molecule has 0 saturated carbocycles. The molecule has 0 aliphatic heterocycles. The number of aliphatic hydroxyl groups excluding tert-OH is 1. The van der Waals surface area contributed by atoms with Crippen molar-refractivity contribution in [3.8, 4) is 11.5 Å². The molecule has 0 spiro atoms. The smallest absolute Gasteiger partial charge is 0.420 e. The van der Waals surface area contributed by atoms with Crippen molar-refractivity contribution >= 4 is 10.9 Å². The highest BCUT2D eigenvalue weighted by Gasteiger charge is 2.40. The van der Waals surface area contributed by atoms with Crippen LogP contribution in [0, 0.1) is 11.6 Å². The van der Waals surface area contributed by atoms with Crippen molar-refractivity contribution in [2.45, 2.75) is 12.3 Å². The summed E-state index contributed by atoms with van der Waals surface area (Å²) < 4.78 is 69.2. The number of aliphatic hydroxyl groups is 1. The van der Waals surface area contributed by atoms with E-state index in [1.807, 2.05) is 0 Å². The van der Waals surface area contributed by atoms with Crippen molar-refractivity contribution in [2.24, 2.45) is 0 Å². The number of pyridine rings is 2. The van der Waals surface area contributed by atoms with E-state index in [0.29, 0.717) is 11.5 Å². The Morgan fingerprint density at radius 1 is 1.00 bits per heavy atom. The maximum atomic E-state index is 13.6. The van der Waals surface area contributed by atoms with Crippen LogP contribution in [0.25, 0.3) is 10.9 Å². The Morgan fingerprint density at radius 2 is 1.76 bits per heavy atom. The minimum Gasteiger partial charge on any atom is -0.453 e. The van der Waals surface area contributed by atoms with Crippen molar-refractivity contribution in [2.75, 3.05) is 0 Å². The summed E-state index contributed by atoms with van der Waals surface area (Å²) in [7, 11) is 0. The second kappa shape index (κ2) is 6.25. The first-order valence-corrected chi connectivity index (χ1v) is 6.87.